The number of carbonyl (C=O) groups is 1. The Bertz CT molecular complexity index is 987. The van der Waals surface area contributed by atoms with Crippen LogP contribution in [-0.4, -0.2) is 21.0 Å². The van der Waals surface area contributed by atoms with E-state index in [0.717, 1.165) is 0 Å². The average Bonchev–Trinajstić information content (AvgIpc) is 2.69. The number of para-hydroxylation sites is 1. The number of amides is 1. The Hall–Kier alpha value is -4.07. The van der Waals surface area contributed by atoms with Crippen LogP contribution in [0.2, 0.25) is 0 Å². The summed E-state index contributed by atoms with van der Waals surface area (Å²) in [4.78, 5) is 23.1. The molecule has 0 fully saturated rings. The van der Waals surface area contributed by atoms with Gasteiger partial charge in [0, 0.05) is 29.4 Å². The van der Waals surface area contributed by atoms with Crippen molar-refractivity contribution in [2.45, 2.75) is 0 Å². The standard InChI is InChI=1S/C19H14N4O4/c24-18(14-8-10-16(11-9-14)23(26)27)17(22-13-5-4-12-20-22)19(25)21-15-6-2-1-3-7-15/h1-13H,(H-,20,21,24,25)/p+1. The van der Waals surface area contributed by atoms with E-state index in [9.17, 15) is 20.0 Å². The summed E-state index contributed by atoms with van der Waals surface area (Å²) in [5, 5.41) is 28.3. The number of rotatable bonds is 5. The molecule has 0 aliphatic heterocycles. The van der Waals surface area contributed by atoms with Gasteiger partial charge in [0.1, 0.15) is 0 Å². The largest absolute Gasteiger partial charge is 0.502 e. The molecule has 0 saturated carbocycles. The minimum absolute atomic E-state index is 0.117. The Kier molecular flexibility index (Phi) is 5.17. The summed E-state index contributed by atoms with van der Waals surface area (Å²) in [7, 11) is 0. The fourth-order valence-corrected chi connectivity index (χ4v) is 2.37. The Morgan fingerprint density at radius 3 is 2.33 bits per heavy atom. The zero-order chi connectivity index (χ0) is 19.2. The first-order valence-corrected chi connectivity index (χ1v) is 7.94. The molecule has 0 unspecified atom stereocenters. The Morgan fingerprint density at radius 2 is 1.74 bits per heavy atom. The van der Waals surface area contributed by atoms with Crippen molar-refractivity contribution in [3.05, 3.63) is 94.8 Å². The van der Waals surface area contributed by atoms with Gasteiger partial charge < -0.3 is 10.4 Å². The summed E-state index contributed by atoms with van der Waals surface area (Å²) in [6, 6.07) is 17.3. The van der Waals surface area contributed by atoms with Gasteiger partial charge in [0.15, 0.2) is 0 Å². The van der Waals surface area contributed by atoms with Crippen LogP contribution in [0.5, 0.6) is 0 Å². The summed E-state index contributed by atoms with van der Waals surface area (Å²) < 4.78 is 1.23. The van der Waals surface area contributed by atoms with E-state index in [1.807, 2.05) is 6.07 Å². The number of nitro benzene ring substituents is 1. The first-order valence-electron chi connectivity index (χ1n) is 7.94. The van der Waals surface area contributed by atoms with E-state index in [1.54, 1.807) is 36.4 Å². The maximum atomic E-state index is 12.8. The van der Waals surface area contributed by atoms with Crippen LogP contribution < -0.4 is 10.00 Å². The van der Waals surface area contributed by atoms with E-state index in [1.165, 1.54) is 41.3 Å². The third-order valence-electron chi connectivity index (χ3n) is 3.67. The van der Waals surface area contributed by atoms with Gasteiger partial charge >= 0.3 is 11.6 Å². The molecular weight excluding hydrogens is 348 g/mol. The molecule has 2 N–H and O–H groups in total. The molecule has 1 heterocycles. The third-order valence-corrected chi connectivity index (χ3v) is 3.67. The van der Waals surface area contributed by atoms with Gasteiger partial charge in [-0.2, -0.15) is 0 Å². The second-order valence-electron chi connectivity index (χ2n) is 5.46. The quantitative estimate of drug-likeness (QED) is 0.238. The lowest BCUT2D eigenvalue weighted by molar-refractivity contribution is -0.642. The van der Waals surface area contributed by atoms with Crippen molar-refractivity contribution >= 4 is 28.7 Å². The van der Waals surface area contributed by atoms with E-state index >= 15 is 0 Å². The molecule has 0 aliphatic rings. The molecule has 3 aromatic rings. The Balaban J connectivity index is 2.04. The lowest BCUT2D eigenvalue weighted by atomic mass is 10.1. The van der Waals surface area contributed by atoms with Gasteiger partial charge in [-0.3, -0.25) is 14.9 Å². The van der Waals surface area contributed by atoms with Gasteiger partial charge in [-0.25, -0.2) is 0 Å². The van der Waals surface area contributed by atoms with E-state index in [4.69, 9.17) is 0 Å². The molecule has 134 valence electrons. The summed E-state index contributed by atoms with van der Waals surface area (Å²) in [5.41, 5.74) is 0.561. The number of nitrogens with one attached hydrogen (secondary N) is 1. The summed E-state index contributed by atoms with van der Waals surface area (Å²) in [5.74, 6) is -0.942. The Morgan fingerprint density at radius 1 is 1.04 bits per heavy atom. The second kappa shape index (κ2) is 7.87. The topological polar surface area (TPSA) is 109 Å². The molecule has 1 aromatic heterocycles. The van der Waals surface area contributed by atoms with Crippen molar-refractivity contribution in [2.24, 2.45) is 0 Å². The normalized spacial score (nSPS) is 11.4. The Labute approximate surface area is 154 Å². The number of aromatic nitrogens is 2. The molecule has 3 rings (SSSR count). The highest BCUT2D eigenvalue weighted by atomic mass is 16.6. The predicted octanol–water partition coefficient (Wildman–Crippen LogP) is 2.80. The van der Waals surface area contributed by atoms with Gasteiger partial charge in [-0.1, -0.05) is 18.2 Å². The number of anilines is 1. The molecule has 0 bridgehead atoms. The number of non-ortho nitro benzene ring substituents is 1. The van der Waals surface area contributed by atoms with Crippen molar-refractivity contribution in [2.75, 3.05) is 5.32 Å². The van der Waals surface area contributed by atoms with E-state index in [0.29, 0.717) is 5.69 Å². The highest BCUT2D eigenvalue weighted by Crippen LogP contribution is 2.20. The zero-order valence-electron chi connectivity index (χ0n) is 14.0. The molecule has 0 aliphatic carbocycles. The van der Waals surface area contributed by atoms with Crippen LogP contribution in [0.4, 0.5) is 11.4 Å². The minimum Gasteiger partial charge on any atom is -0.502 e. The monoisotopic (exact) mass is 363 g/mol. The van der Waals surface area contributed by atoms with E-state index in [2.05, 4.69) is 10.4 Å². The van der Waals surface area contributed by atoms with Crippen LogP contribution >= 0.6 is 0 Å². The molecule has 0 atom stereocenters. The lowest BCUT2D eigenvalue weighted by Gasteiger charge is -2.06. The minimum atomic E-state index is -0.583. The maximum Gasteiger partial charge on any atom is 0.344 e. The number of nitrogens with zero attached hydrogens (tertiary/aromatic N) is 3. The highest BCUT2D eigenvalue weighted by molar-refractivity contribution is 6.22. The SMILES string of the molecule is O=C(Nc1ccccc1)/C(=C(\O)c1ccc([N+](=O)[O-])cc1)[n+]1ccccn1. The van der Waals surface area contributed by atoms with Gasteiger partial charge in [0.05, 0.1) is 11.1 Å². The van der Waals surface area contributed by atoms with Crippen molar-refractivity contribution in [1.82, 2.24) is 5.10 Å². The summed E-state index contributed by atoms with van der Waals surface area (Å²) >= 11 is 0. The molecule has 1 amide bonds. The van der Waals surface area contributed by atoms with E-state index in [-0.39, 0.29) is 22.7 Å². The van der Waals surface area contributed by atoms with Crippen LogP contribution in [0.1, 0.15) is 5.56 Å². The highest BCUT2D eigenvalue weighted by Gasteiger charge is 2.28. The molecular formula is C19H15N4O4+. The second-order valence-corrected chi connectivity index (χ2v) is 5.46. The number of hydrogen-bond acceptors (Lipinski definition) is 5. The van der Waals surface area contributed by atoms with Crippen LogP contribution in [0.15, 0.2) is 79.1 Å². The van der Waals surface area contributed by atoms with Gasteiger partial charge in [0.25, 0.3) is 5.69 Å². The zero-order valence-corrected chi connectivity index (χ0v) is 14.0. The average molecular weight is 363 g/mol. The van der Waals surface area contributed by atoms with Crippen LogP contribution in [-0.2, 0) is 4.79 Å². The molecule has 0 saturated heterocycles. The number of aliphatic hydroxyl groups excluding tert-OH is 1. The third kappa shape index (κ3) is 4.13. The van der Waals surface area contributed by atoms with E-state index < -0.39 is 10.8 Å². The number of carbonyl (C=O) groups excluding carboxylic acids is 1. The van der Waals surface area contributed by atoms with Gasteiger partial charge in [-0.15, -0.1) is 0 Å². The van der Waals surface area contributed by atoms with Gasteiger partial charge in [0.2, 0.25) is 12.0 Å². The molecule has 8 heteroatoms. The number of aliphatic hydroxyl groups is 1. The number of hydrogen-bond donors (Lipinski definition) is 2. The first-order chi connectivity index (χ1) is 13.1. The number of benzene rings is 2. The lowest BCUT2D eigenvalue weighted by Crippen LogP contribution is -2.42. The summed E-state index contributed by atoms with van der Waals surface area (Å²) in [6.45, 7) is 0. The maximum absolute atomic E-state index is 12.8. The van der Waals surface area contributed by atoms with Gasteiger partial charge in [-0.05, 0) is 40.1 Å². The first kappa shape index (κ1) is 17.7. The van der Waals surface area contributed by atoms with Crippen LogP contribution in [0.25, 0.3) is 11.5 Å². The molecule has 27 heavy (non-hydrogen) atoms. The van der Waals surface area contributed by atoms with Crippen molar-refractivity contribution < 1.29 is 19.5 Å². The van der Waals surface area contributed by atoms with Crippen molar-refractivity contribution in [3.8, 4) is 0 Å². The van der Waals surface area contributed by atoms with Crippen molar-refractivity contribution in [3.63, 3.8) is 0 Å². The van der Waals surface area contributed by atoms with Crippen LogP contribution in [0.3, 0.4) is 0 Å². The molecule has 8 nitrogen and oxygen atoms in total. The summed E-state index contributed by atoms with van der Waals surface area (Å²) in [6.07, 6.45) is 2.99. The molecule has 0 spiro atoms. The fraction of sp³-hybridized carbons (Fsp3) is 0. The fourth-order valence-electron chi connectivity index (χ4n) is 2.37. The van der Waals surface area contributed by atoms with Crippen molar-refractivity contribution in [1.29, 1.82) is 0 Å². The number of nitro groups is 1. The smallest absolute Gasteiger partial charge is 0.344 e. The molecule has 0 radical (unpaired) electrons. The molecule has 2 aromatic carbocycles. The predicted molar refractivity (Wildman–Crippen MR) is 98.3 cm³/mol. The van der Waals surface area contributed by atoms with Crippen LogP contribution in [0, 0.1) is 10.1 Å².